The number of amidine groups is 1. The fraction of sp³-hybridized carbons (Fsp3) is 0.385. The molecule has 20 heavy (non-hydrogen) atoms. The Hall–Kier alpha value is -1.89. The minimum Gasteiger partial charge on any atom is -0.439 e. The molecular formula is C13H17N5OS. The van der Waals surface area contributed by atoms with Crippen molar-refractivity contribution in [3.05, 3.63) is 28.8 Å². The Morgan fingerprint density at radius 2 is 2.10 bits per heavy atom. The fourth-order valence-corrected chi connectivity index (χ4v) is 2.83. The number of hydrogen-bond acceptors (Lipinski definition) is 6. The Bertz CT molecular complexity index is 638. The van der Waals surface area contributed by atoms with Gasteiger partial charge in [0.25, 0.3) is 5.22 Å². The number of aryl methyl sites for hydroxylation is 2. The van der Waals surface area contributed by atoms with Gasteiger partial charge in [-0.1, -0.05) is 13.8 Å². The first-order valence-electron chi connectivity index (χ1n) is 6.39. The lowest BCUT2D eigenvalue weighted by atomic mass is 10.0. The van der Waals surface area contributed by atoms with Crippen LogP contribution in [0.2, 0.25) is 0 Å². The molecule has 0 atom stereocenters. The number of aromatic nitrogens is 3. The number of nitrogen functional groups attached to an aromatic ring is 1. The predicted octanol–water partition coefficient (Wildman–Crippen LogP) is 2.33. The topological polar surface area (TPSA) is 102 Å². The van der Waals surface area contributed by atoms with Crippen LogP contribution < -0.4 is 5.73 Å². The molecule has 2 heterocycles. The van der Waals surface area contributed by atoms with Crippen molar-refractivity contribution in [3.8, 4) is 0 Å². The van der Waals surface area contributed by atoms with E-state index in [-0.39, 0.29) is 5.84 Å². The van der Waals surface area contributed by atoms with Gasteiger partial charge >= 0.3 is 0 Å². The zero-order valence-corrected chi connectivity index (χ0v) is 12.5. The molecule has 3 N–H and O–H groups in total. The number of nitrogens with zero attached hydrogens (tertiary/aromatic N) is 3. The highest BCUT2D eigenvalue weighted by atomic mass is 32.2. The molecule has 2 aromatic rings. The van der Waals surface area contributed by atoms with Crippen LogP contribution in [0.15, 0.2) is 20.9 Å². The summed E-state index contributed by atoms with van der Waals surface area (Å²) < 4.78 is 5.31. The standard InChI is InChI=1S/C13H17N5OS/c1-4-8-9(5-2)17-18-12(10(8)11(14)15)20-13-16-7(3)6-19-13/h6H,4-5H2,1-3H3,(H3,14,15). The molecule has 0 bridgehead atoms. The van der Waals surface area contributed by atoms with Crippen LogP contribution in [0, 0.1) is 12.3 Å². The van der Waals surface area contributed by atoms with Gasteiger partial charge in [0.15, 0.2) is 0 Å². The smallest absolute Gasteiger partial charge is 0.262 e. The van der Waals surface area contributed by atoms with Crippen LogP contribution in [-0.4, -0.2) is 21.0 Å². The van der Waals surface area contributed by atoms with Crippen LogP contribution in [-0.2, 0) is 12.8 Å². The lowest BCUT2D eigenvalue weighted by molar-refractivity contribution is 0.453. The van der Waals surface area contributed by atoms with Crippen LogP contribution in [0.25, 0.3) is 0 Å². The van der Waals surface area contributed by atoms with E-state index in [9.17, 15) is 0 Å². The summed E-state index contributed by atoms with van der Waals surface area (Å²) >= 11 is 1.24. The van der Waals surface area contributed by atoms with E-state index in [1.165, 1.54) is 11.8 Å². The Labute approximate surface area is 121 Å². The first-order valence-corrected chi connectivity index (χ1v) is 7.21. The molecule has 7 heteroatoms. The third-order valence-electron chi connectivity index (χ3n) is 2.87. The third-order valence-corrected chi connectivity index (χ3v) is 3.71. The van der Waals surface area contributed by atoms with Gasteiger partial charge in [0.05, 0.1) is 17.0 Å². The number of nitrogens with two attached hydrogens (primary N) is 1. The minimum atomic E-state index is -0.00257. The molecule has 2 rings (SSSR count). The van der Waals surface area contributed by atoms with Crippen molar-refractivity contribution in [2.24, 2.45) is 5.73 Å². The van der Waals surface area contributed by atoms with Crippen molar-refractivity contribution >= 4 is 17.6 Å². The highest BCUT2D eigenvalue weighted by molar-refractivity contribution is 7.99. The molecule has 0 aliphatic rings. The molecule has 0 spiro atoms. The summed E-state index contributed by atoms with van der Waals surface area (Å²) in [5.41, 5.74) is 9.01. The monoisotopic (exact) mass is 291 g/mol. The van der Waals surface area contributed by atoms with Gasteiger partial charge in [-0.25, -0.2) is 4.98 Å². The van der Waals surface area contributed by atoms with Crippen molar-refractivity contribution < 1.29 is 4.42 Å². The molecule has 0 saturated carbocycles. The van der Waals surface area contributed by atoms with Gasteiger partial charge in [-0.3, -0.25) is 5.41 Å². The molecular weight excluding hydrogens is 274 g/mol. The normalized spacial score (nSPS) is 10.8. The van der Waals surface area contributed by atoms with E-state index >= 15 is 0 Å². The summed E-state index contributed by atoms with van der Waals surface area (Å²) in [5.74, 6) is -0.00257. The van der Waals surface area contributed by atoms with Gasteiger partial charge < -0.3 is 10.2 Å². The number of nitrogens with one attached hydrogen (secondary N) is 1. The number of hydrogen-bond donors (Lipinski definition) is 2. The summed E-state index contributed by atoms with van der Waals surface area (Å²) in [4.78, 5) is 4.22. The van der Waals surface area contributed by atoms with E-state index in [0.717, 1.165) is 29.8 Å². The Morgan fingerprint density at radius 1 is 1.35 bits per heavy atom. The Morgan fingerprint density at radius 3 is 2.60 bits per heavy atom. The van der Waals surface area contributed by atoms with Crippen molar-refractivity contribution in [1.29, 1.82) is 5.41 Å². The maximum absolute atomic E-state index is 7.81. The molecule has 106 valence electrons. The molecule has 0 aromatic carbocycles. The molecule has 0 aliphatic carbocycles. The predicted molar refractivity (Wildman–Crippen MR) is 77.2 cm³/mol. The van der Waals surface area contributed by atoms with E-state index in [2.05, 4.69) is 15.2 Å². The Balaban J connectivity index is 2.49. The van der Waals surface area contributed by atoms with Crippen LogP contribution in [0.1, 0.15) is 36.4 Å². The molecule has 0 aliphatic heterocycles. The van der Waals surface area contributed by atoms with E-state index in [1.54, 1.807) is 6.26 Å². The first kappa shape index (κ1) is 14.5. The van der Waals surface area contributed by atoms with E-state index in [0.29, 0.717) is 15.8 Å². The second kappa shape index (κ2) is 6.04. The molecule has 6 nitrogen and oxygen atoms in total. The van der Waals surface area contributed by atoms with E-state index < -0.39 is 0 Å². The maximum atomic E-state index is 7.81. The molecule has 2 aromatic heterocycles. The average molecular weight is 291 g/mol. The van der Waals surface area contributed by atoms with Crippen LogP contribution in [0.3, 0.4) is 0 Å². The Kier molecular flexibility index (Phi) is 4.39. The van der Waals surface area contributed by atoms with Gasteiger partial charge in [0, 0.05) is 0 Å². The number of rotatable bonds is 5. The van der Waals surface area contributed by atoms with Crippen molar-refractivity contribution in [3.63, 3.8) is 0 Å². The molecule has 0 amide bonds. The second-order valence-electron chi connectivity index (χ2n) is 4.28. The zero-order valence-electron chi connectivity index (χ0n) is 11.7. The van der Waals surface area contributed by atoms with E-state index in [1.807, 2.05) is 20.8 Å². The van der Waals surface area contributed by atoms with Crippen LogP contribution >= 0.6 is 11.8 Å². The molecule has 0 saturated heterocycles. The van der Waals surface area contributed by atoms with E-state index in [4.69, 9.17) is 15.6 Å². The summed E-state index contributed by atoms with van der Waals surface area (Å²) in [7, 11) is 0. The fourth-order valence-electron chi connectivity index (χ4n) is 1.97. The molecule has 0 fully saturated rings. The lowest BCUT2D eigenvalue weighted by Crippen LogP contribution is -2.18. The average Bonchev–Trinajstić information content (AvgIpc) is 2.83. The largest absolute Gasteiger partial charge is 0.439 e. The summed E-state index contributed by atoms with van der Waals surface area (Å²) in [6, 6.07) is 0. The highest BCUT2D eigenvalue weighted by Gasteiger charge is 2.19. The summed E-state index contributed by atoms with van der Waals surface area (Å²) in [5, 5.41) is 17.2. The zero-order chi connectivity index (χ0) is 14.7. The second-order valence-corrected chi connectivity index (χ2v) is 5.22. The summed E-state index contributed by atoms with van der Waals surface area (Å²) in [6.45, 7) is 5.88. The lowest BCUT2D eigenvalue weighted by Gasteiger charge is -2.12. The number of oxazole rings is 1. The molecule has 0 unspecified atom stereocenters. The maximum Gasteiger partial charge on any atom is 0.262 e. The van der Waals surface area contributed by atoms with Gasteiger partial charge in [-0.2, -0.15) is 5.10 Å². The van der Waals surface area contributed by atoms with Gasteiger partial charge in [0.1, 0.15) is 17.1 Å². The van der Waals surface area contributed by atoms with Crippen molar-refractivity contribution in [2.75, 3.05) is 0 Å². The molecule has 0 radical (unpaired) electrons. The van der Waals surface area contributed by atoms with Gasteiger partial charge in [-0.15, -0.1) is 5.10 Å². The van der Waals surface area contributed by atoms with Crippen molar-refractivity contribution in [2.45, 2.75) is 43.9 Å². The van der Waals surface area contributed by atoms with Crippen molar-refractivity contribution in [1.82, 2.24) is 15.2 Å². The van der Waals surface area contributed by atoms with Crippen LogP contribution in [0.5, 0.6) is 0 Å². The third kappa shape index (κ3) is 2.82. The minimum absolute atomic E-state index is 0.00257. The quantitative estimate of drug-likeness (QED) is 0.647. The highest BCUT2D eigenvalue weighted by Crippen LogP contribution is 2.30. The van der Waals surface area contributed by atoms with Crippen LogP contribution in [0.4, 0.5) is 0 Å². The first-order chi connectivity index (χ1) is 9.56. The SMILES string of the molecule is CCc1nnc(Sc2nc(C)co2)c(C(=N)N)c1CC. The summed E-state index contributed by atoms with van der Waals surface area (Å²) in [6.07, 6.45) is 3.09. The van der Waals surface area contributed by atoms with Gasteiger partial charge in [0.2, 0.25) is 0 Å². The van der Waals surface area contributed by atoms with Gasteiger partial charge in [-0.05, 0) is 37.1 Å².